The summed E-state index contributed by atoms with van der Waals surface area (Å²) < 4.78 is 27.1. The summed E-state index contributed by atoms with van der Waals surface area (Å²) in [6.07, 6.45) is 0.505. The molecule has 0 atom stereocenters. The van der Waals surface area contributed by atoms with E-state index in [1.165, 1.54) is 18.2 Å². The van der Waals surface area contributed by atoms with E-state index in [-0.39, 0.29) is 21.5 Å². The lowest BCUT2D eigenvalue weighted by Gasteiger charge is -2.12. The number of rotatable bonds is 7. The van der Waals surface area contributed by atoms with Gasteiger partial charge in [0.1, 0.15) is 5.82 Å². The number of hydrogen-bond donors (Lipinski definition) is 3. The van der Waals surface area contributed by atoms with Crippen molar-refractivity contribution in [2.45, 2.75) is 31.2 Å². The Labute approximate surface area is 168 Å². The molecule has 0 radical (unpaired) electrons. The number of hydrogen-bond acceptors (Lipinski definition) is 4. The fourth-order valence-electron chi connectivity index (χ4n) is 2.74. The molecule has 3 rings (SSSR count). The largest absolute Gasteiger partial charge is 0.352 e. The highest BCUT2D eigenvalue weighted by Gasteiger charge is 2.19. The zero-order chi connectivity index (χ0) is 20.3. The Bertz CT molecular complexity index is 1080. The van der Waals surface area contributed by atoms with Crippen LogP contribution in [-0.2, 0) is 16.4 Å². The van der Waals surface area contributed by atoms with Crippen molar-refractivity contribution in [2.75, 3.05) is 6.54 Å². The molecule has 0 aliphatic rings. The molecule has 9 heteroatoms. The van der Waals surface area contributed by atoms with E-state index < -0.39 is 15.9 Å². The number of benzene rings is 2. The summed E-state index contributed by atoms with van der Waals surface area (Å²) in [5.41, 5.74) is 1.91. The summed E-state index contributed by atoms with van der Waals surface area (Å²) in [7, 11) is -3.71. The summed E-state index contributed by atoms with van der Waals surface area (Å²) in [6.45, 7) is 3.77. The Kier molecular flexibility index (Phi) is 6.02. The van der Waals surface area contributed by atoms with Gasteiger partial charge in [-0.2, -0.15) is 0 Å². The molecule has 0 unspecified atom stereocenters. The van der Waals surface area contributed by atoms with Crippen molar-refractivity contribution in [1.29, 1.82) is 0 Å². The lowest BCUT2D eigenvalue weighted by molar-refractivity contribution is 0.0954. The Balaban J connectivity index is 1.69. The van der Waals surface area contributed by atoms with Gasteiger partial charge < -0.3 is 10.3 Å². The standard InChI is InChI=1S/C19H21ClN4O3S/c1-12(2)24-28(26,27)13-7-8-15(20)14(11-13)19(25)21-10-9-18-22-16-5-3-4-6-17(16)23-18/h3-8,11-12,24H,9-10H2,1-2H3,(H,21,25)(H,22,23). The minimum atomic E-state index is -3.71. The monoisotopic (exact) mass is 420 g/mol. The summed E-state index contributed by atoms with van der Waals surface area (Å²) >= 11 is 6.10. The van der Waals surface area contributed by atoms with E-state index >= 15 is 0 Å². The number of aromatic amines is 1. The number of para-hydroxylation sites is 2. The van der Waals surface area contributed by atoms with Crippen molar-refractivity contribution in [1.82, 2.24) is 20.0 Å². The molecule has 28 heavy (non-hydrogen) atoms. The molecule has 0 saturated carbocycles. The van der Waals surface area contributed by atoms with Crippen LogP contribution >= 0.6 is 11.6 Å². The Hall–Kier alpha value is -2.42. The molecule has 7 nitrogen and oxygen atoms in total. The molecule has 2 aromatic carbocycles. The van der Waals surface area contributed by atoms with Crippen molar-refractivity contribution in [3.8, 4) is 0 Å². The molecule has 3 aromatic rings. The molecule has 0 fully saturated rings. The summed E-state index contributed by atoms with van der Waals surface area (Å²) in [4.78, 5) is 20.1. The van der Waals surface area contributed by atoms with Crippen LogP contribution < -0.4 is 10.0 Å². The van der Waals surface area contributed by atoms with E-state index in [0.29, 0.717) is 13.0 Å². The SMILES string of the molecule is CC(C)NS(=O)(=O)c1ccc(Cl)c(C(=O)NCCc2nc3ccccc3[nH]2)c1. The maximum atomic E-state index is 12.5. The summed E-state index contributed by atoms with van der Waals surface area (Å²) in [5, 5.41) is 2.94. The first-order chi connectivity index (χ1) is 13.3. The van der Waals surface area contributed by atoms with E-state index in [1.807, 2.05) is 24.3 Å². The number of aromatic nitrogens is 2. The van der Waals surface area contributed by atoms with E-state index in [2.05, 4.69) is 20.0 Å². The van der Waals surface area contributed by atoms with Crippen LogP contribution in [0.3, 0.4) is 0 Å². The molecule has 148 valence electrons. The van der Waals surface area contributed by atoms with E-state index in [4.69, 9.17) is 11.6 Å². The molecule has 0 aliphatic heterocycles. The second-order valence-corrected chi connectivity index (χ2v) is 8.75. The number of carbonyl (C=O) groups excluding carboxylic acids is 1. The Morgan fingerprint density at radius 3 is 2.68 bits per heavy atom. The maximum absolute atomic E-state index is 12.5. The van der Waals surface area contributed by atoms with E-state index in [1.54, 1.807) is 13.8 Å². The first-order valence-corrected chi connectivity index (χ1v) is 10.7. The van der Waals surface area contributed by atoms with Crippen molar-refractivity contribution in [3.63, 3.8) is 0 Å². The highest BCUT2D eigenvalue weighted by Crippen LogP contribution is 2.21. The van der Waals surface area contributed by atoms with Crippen LogP contribution in [0.4, 0.5) is 0 Å². The molecule has 0 spiro atoms. The lowest BCUT2D eigenvalue weighted by atomic mass is 10.2. The van der Waals surface area contributed by atoms with Gasteiger partial charge >= 0.3 is 0 Å². The van der Waals surface area contributed by atoms with Gasteiger partial charge in [0.25, 0.3) is 5.91 Å². The number of nitrogens with one attached hydrogen (secondary N) is 3. The Morgan fingerprint density at radius 2 is 1.96 bits per heavy atom. The van der Waals surface area contributed by atoms with Gasteiger partial charge in [-0.1, -0.05) is 23.7 Å². The molecule has 0 saturated heterocycles. The number of sulfonamides is 1. The van der Waals surface area contributed by atoms with Crippen LogP contribution in [-0.4, -0.2) is 36.9 Å². The second-order valence-electron chi connectivity index (χ2n) is 6.62. The number of imidazole rings is 1. The minimum Gasteiger partial charge on any atom is -0.352 e. The zero-order valence-corrected chi connectivity index (χ0v) is 17.1. The third-order valence-electron chi connectivity index (χ3n) is 3.97. The highest BCUT2D eigenvalue weighted by molar-refractivity contribution is 7.89. The first-order valence-electron chi connectivity index (χ1n) is 8.80. The molecule has 0 aliphatic carbocycles. The third kappa shape index (κ3) is 4.70. The topological polar surface area (TPSA) is 104 Å². The van der Waals surface area contributed by atoms with Crippen molar-refractivity contribution in [3.05, 3.63) is 58.9 Å². The van der Waals surface area contributed by atoms with Crippen LogP contribution in [0.5, 0.6) is 0 Å². The fraction of sp³-hybridized carbons (Fsp3) is 0.263. The summed E-state index contributed by atoms with van der Waals surface area (Å²) in [5.74, 6) is 0.313. The molecule has 1 heterocycles. The quantitative estimate of drug-likeness (QED) is 0.546. The molecular weight excluding hydrogens is 400 g/mol. The molecule has 1 aromatic heterocycles. The van der Waals surface area contributed by atoms with Gasteiger partial charge in [-0.05, 0) is 44.2 Å². The average Bonchev–Trinajstić information content (AvgIpc) is 3.03. The van der Waals surface area contributed by atoms with Gasteiger partial charge in [-0.25, -0.2) is 18.1 Å². The fourth-order valence-corrected chi connectivity index (χ4v) is 4.22. The predicted octanol–water partition coefficient (Wildman–Crippen LogP) is 2.88. The number of nitrogens with zero attached hydrogens (tertiary/aromatic N) is 1. The number of carbonyl (C=O) groups is 1. The third-order valence-corrected chi connectivity index (χ3v) is 5.96. The highest BCUT2D eigenvalue weighted by atomic mass is 35.5. The molecular formula is C19H21ClN4O3S. The Morgan fingerprint density at radius 1 is 1.21 bits per heavy atom. The van der Waals surface area contributed by atoms with Crippen LogP contribution in [0.2, 0.25) is 5.02 Å². The van der Waals surface area contributed by atoms with Gasteiger partial charge in [-0.3, -0.25) is 4.79 Å². The van der Waals surface area contributed by atoms with Crippen LogP contribution in [0.1, 0.15) is 30.0 Å². The van der Waals surface area contributed by atoms with Crippen molar-refractivity contribution in [2.24, 2.45) is 0 Å². The number of amides is 1. The first kappa shape index (κ1) is 20.3. The van der Waals surface area contributed by atoms with Crippen LogP contribution in [0.25, 0.3) is 11.0 Å². The van der Waals surface area contributed by atoms with Crippen LogP contribution in [0, 0.1) is 0 Å². The van der Waals surface area contributed by atoms with Crippen molar-refractivity contribution >= 4 is 38.6 Å². The number of halogens is 1. The lowest BCUT2D eigenvalue weighted by Crippen LogP contribution is -2.31. The molecule has 1 amide bonds. The van der Waals surface area contributed by atoms with Gasteiger partial charge in [-0.15, -0.1) is 0 Å². The van der Waals surface area contributed by atoms with E-state index in [9.17, 15) is 13.2 Å². The van der Waals surface area contributed by atoms with Crippen molar-refractivity contribution < 1.29 is 13.2 Å². The normalized spacial score (nSPS) is 11.9. The van der Waals surface area contributed by atoms with Gasteiger partial charge in [0.2, 0.25) is 10.0 Å². The van der Waals surface area contributed by atoms with Gasteiger partial charge in [0, 0.05) is 19.0 Å². The molecule has 3 N–H and O–H groups in total. The van der Waals surface area contributed by atoms with Gasteiger partial charge in [0.15, 0.2) is 0 Å². The summed E-state index contributed by atoms with van der Waals surface area (Å²) in [6, 6.07) is 11.5. The predicted molar refractivity (Wildman–Crippen MR) is 109 cm³/mol. The smallest absolute Gasteiger partial charge is 0.252 e. The second kappa shape index (κ2) is 8.30. The number of H-pyrrole nitrogens is 1. The maximum Gasteiger partial charge on any atom is 0.252 e. The average molecular weight is 421 g/mol. The minimum absolute atomic E-state index is 0.00645. The van der Waals surface area contributed by atoms with Crippen LogP contribution in [0.15, 0.2) is 47.4 Å². The van der Waals surface area contributed by atoms with E-state index in [0.717, 1.165) is 16.9 Å². The van der Waals surface area contributed by atoms with Gasteiger partial charge in [0.05, 0.1) is 26.5 Å². The molecule has 0 bridgehead atoms. The number of fused-ring (bicyclic) bond motifs is 1. The zero-order valence-electron chi connectivity index (χ0n) is 15.5.